The molecule has 0 radical (unpaired) electrons. The molecule has 4 atom stereocenters. The summed E-state index contributed by atoms with van der Waals surface area (Å²) in [6.45, 7) is 13.8. The highest BCUT2D eigenvalue weighted by Crippen LogP contribution is 2.37. The van der Waals surface area contributed by atoms with Gasteiger partial charge >= 0.3 is 0 Å². The average molecular weight is 677 g/mol. The first-order chi connectivity index (χ1) is 23.0. The molecule has 2 heterocycles. The van der Waals surface area contributed by atoms with E-state index in [9.17, 15) is 29.1 Å². The van der Waals surface area contributed by atoms with Gasteiger partial charge in [-0.1, -0.05) is 67.4 Å². The van der Waals surface area contributed by atoms with Crippen molar-refractivity contribution in [2.75, 3.05) is 6.54 Å². The lowest BCUT2D eigenvalue weighted by molar-refractivity contribution is -0.146. The lowest BCUT2D eigenvalue weighted by atomic mass is 9.75. The fourth-order valence-electron chi connectivity index (χ4n) is 6.90. The van der Waals surface area contributed by atoms with Crippen LogP contribution in [0, 0.1) is 28.6 Å². The summed E-state index contributed by atoms with van der Waals surface area (Å²) in [6.07, 6.45) is 5.68. The fraction of sp³-hybridized carbons (Fsp3) is 0.650. The summed E-state index contributed by atoms with van der Waals surface area (Å²) in [6, 6.07) is 6.46. The molecule has 49 heavy (non-hydrogen) atoms. The van der Waals surface area contributed by atoms with Gasteiger partial charge in [-0.25, -0.2) is 4.98 Å². The number of hydrogen-bond donors (Lipinski definition) is 1. The second-order valence-electron chi connectivity index (χ2n) is 16.7. The molecule has 1 saturated carbocycles. The molecular weight excluding hydrogens is 620 g/mol. The predicted molar refractivity (Wildman–Crippen MR) is 189 cm³/mol. The van der Waals surface area contributed by atoms with Gasteiger partial charge in [0, 0.05) is 55.5 Å². The van der Waals surface area contributed by atoms with Crippen molar-refractivity contribution in [2.45, 2.75) is 131 Å². The van der Waals surface area contributed by atoms with Crippen LogP contribution in [-0.4, -0.2) is 62.7 Å². The lowest BCUT2D eigenvalue weighted by Crippen LogP contribution is -2.48. The van der Waals surface area contributed by atoms with E-state index in [4.69, 9.17) is 4.74 Å². The molecular formula is C40H56N2O7. The number of unbranched alkanes of at least 4 members (excludes halogenated alkanes) is 1. The number of hydrogen-bond acceptors (Lipinski definition) is 8. The van der Waals surface area contributed by atoms with Crippen LogP contribution >= 0.6 is 0 Å². The highest BCUT2D eigenvalue weighted by Gasteiger charge is 2.46. The molecule has 1 amide bonds. The molecule has 1 aromatic heterocycles. The van der Waals surface area contributed by atoms with Crippen molar-refractivity contribution in [3.63, 3.8) is 0 Å². The van der Waals surface area contributed by atoms with E-state index in [1.165, 1.54) is 0 Å². The number of carbonyl (C=O) groups is 5. The molecule has 1 saturated heterocycles. The number of nitrogens with zero attached hydrogens (tertiary/aromatic N) is 2. The second-order valence-corrected chi connectivity index (χ2v) is 16.7. The van der Waals surface area contributed by atoms with Crippen LogP contribution in [0.15, 0.2) is 30.5 Å². The maximum Gasteiger partial charge on any atom is 0.227 e. The zero-order valence-corrected chi connectivity index (χ0v) is 30.5. The maximum absolute atomic E-state index is 14.5. The SMILES string of the molecule is CCCC[C@H](CC(=O)[C@@H]1C[C@@H](Oc2nccc3cc(CO)ccc23)CN1C(=O)[C@@H](CC(=O)CC(C)(C)C)C(C)(C)C)C(=O)C(=O)CC1CC1. The van der Waals surface area contributed by atoms with Crippen molar-refractivity contribution in [1.29, 1.82) is 0 Å². The molecule has 268 valence electrons. The van der Waals surface area contributed by atoms with E-state index in [1.807, 2.05) is 66.7 Å². The highest BCUT2D eigenvalue weighted by molar-refractivity contribution is 6.38. The van der Waals surface area contributed by atoms with Crippen LogP contribution < -0.4 is 4.74 Å². The molecule has 0 bridgehead atoms. The zero-order valence-electron chi connectivity index (χ0n) is 30.5. The van der Waals surface area contributed by atoms with Crippen molar-refractivity contribution >= 4 is 39.8 Å². The maximum atomic E-state index is 14.5. The van der Waals surface area contributed by atoms with Crippen molar-refractivity contribution < 1.29 is 33.8 Å². The number of pyridine rings is 1. The van der Waals surface area contributed by atoms with E-state index in [2.05, 4.69) is 4.98 Å². The third-order valence-corrected chi connectivity index (χ3v) is 9.84. The highest BCUT2D eigenvalue weighted by atomic mass is 16.5. The summed E-state index contributed by atoms with van der Waals surface area (Å²) in [5, 5.41) is 11.2. The Balaban J connectivity index is 1.63. The van der Waals surface area contributed by atoms with Crippen LogP contribution in [0.3, 0.4) is 0 Å². The van der Waals surface area contributed by atoms with Crippen molar-refractivity contribution in [1.82, 2.24) is 9.88 Å². The van der Waals surface area contributed by atoms with Crippen LogP contribution in [-0.2, 0) is 30.6 Å². The van der Waals surface area contributed by atoms with Gasteiger partial charge in [-0.3, -0.25) is 24.0 Å². The number of rotatable bonds is 17. The molecule has 2 aromatic rings. The number of amides is 1. The largest absolute Gasteiger partial charge is 0.472 e. The summed E-state index contributed by atoms with van der Waals surface area (Å²) in [5.41, 5.74) is -0.0354. The number of aliphatic hydroxyl groups is 1. The topological polar surface area (TPSA) is 131 Å². The molecule has 0 unspecified atom stereocenters. The molecule has 2 aliphatic rings. The number of ether oxygens (including phenoxy) is 1. The van der Waals surface area contributed by atoms with Gasteiger partial charge in [0.15, 0.2) is 11.6 Å². The fourth-order valence-corrected chi connectivity index (χ4v) is 6.90. The first-order valence-corrected chi connectivity index (χ1v) is 18.1. The molecule has 1 aliphatic heterocycles. The number of aromatic nitrogens is 1. The molecule has 2 fully saturated rings. The average Bonchev–Trinajstić information content (AvgIpc) is 3.74. The van der Waals surface area contributed by atoms with Crippen LogP contribution in [0.2, 0.25) is 0 Å². The van der Waals surface area contributed by atoms with Crippen molar-refractivity contribution in [3.05, 3.63) is 36.0 Å². The van der Waals surface area contributed by atoms with Crippen LogP contribution in [0.1, 0.15) is 118 Å². The third-order valence-electron chi connectivity index (χ3n) is 9.84. The summed E-state index contributed by atoms with van der Waals surface area (Å²) < 4.78 is 6.43. The van der Waals surface area contributed by atoms with Gasteiger partial charge in [-0.2, -0.15) is 0 Å². The van der Waals surface area contributed by atoms with Gasteiger partial charge in [0.1, 0.15) is 11.9 Å². The molecule has 9 nitrogen and oxygen atoms in total. The Labute approximate surface area is 291 Å². The van der Waals surface area contributed by atoms with Crippen molar-refractivity contribution in [3.8, 4) is 5.88 Å². The van der Waals surface area contributed by atoms with E-state index in [1.54, 1.807) is 17.2 Å². The quantitative estimate of drug-likeness (QED) is 0.180. The van der Waals surface area contributed by atoms with Gasteiger partial charge in [0.05, 0.1) is 19.2 Å². The lowest BCUT2D eigenvalue weighted by Gasteiger charge is -2.35. The van der Waals surface area contributed by atoms with E-state index in [0.717, 1.165) is 35.6 Å². The zero-order chi connectivity index (χ0) is 36.1. The monoisotopic (exact) mass is 676 g/mol. The number of aliphatic hydroxyl groups excluding tert-OH is 1. The van der Waals surface area contributed by atoms with E-state index < -0.39 is 41.0 Å². The molecule has 1 N–H and O–H groups in total. The Morgan fingerprint density at radius 1 is 1.02 bits per heavy atom. The first-order valence-electron chi connectivity index (χ1n) is 18.1. The van der Waals surface area contributed by atoms with Crippen molar-refractivity contribution in [2.24, 2.45) is 28.6 Å². The Kier molecular flexibility index (Phi) is 12.6. The Bertz CT molecular complexity index is 1530. The number of fused-ring (bicyclic) bond motifs is 1. The Hall–Kier alpha value is -3.46. The van der Waals surface area contributed by atoms with Gasteiger partial charge in [0.2, 0.25) is 17.6 Å². The van der Waals surface area contributed by atoms with Gasteiger partial charge in [-0.15, -0.1) is 0 Å². The summed E-state index contributed by atoms with van der Waals surface area (Å²) >= 11 is 0. The van der Waals surface area contributed by atoms with Crippen LogP contribution in [0.5, 0.6) is 5.88 Å². The van der Waals surface area contributed by atoms with Crippen LogP contribution in [0.25, 0.3) is 10.8 Å². The summed E-state index contributed by atoms with van der Waals surface area (Å²) in [5.74, 6) is -2.16. The van der Waals surface area contributed by atoms with Gasteiger partial charge < -0.3 is 14.7 Å². The van der Waals surface area contributed by atoms with Gasteiger partial charge in [-0.05, 0) is 65.2 Å². The van der Waals surface area contributed by atoms with Crippen LogP contribution in [0.4, 0.5) is 0 Å². The summed E-state index contributed by atoms with van der Waals surface area (Å²) in [7, 11) is 0. The molecule has 0 spiro atoms. The van der Waals surface area contributed by atoms with E-state index >= 15 is 0 Å². The molecule has 4 rings (SSSR count). The third kappa shape index (κ3) is 10.5. The number of benzene rings is 1. The second kappa shape index (κ2) is 16.0. The summed E-state index contributed by atoms with van der Waals surface area (Å²) in [4.78, 5) is 74.3. The smallest absolute Gasteiger partial charge is 0.227 e. The number of likely N-dealkylation sites (tertiary alicyclic amines) is 1. The minimum absolute atomic E-state index is 0.00254. The van der Waals surface area contributed by atoms with E-state index in [0.29, 0.717) is 25.1 Å². The number of ketones is 4. The molecule has 1 aromatic carbocycles. The van der Waals surface area contributed by atoms with Gasteiger partial charge in [0.25, 0.3) is 0 Å². The Morgan fingerprint density at radius 3 is 2.35 bits per heavy atom. The normalized spacial score (nSPS) is 19.5. The minimum atomic E-state index is -0.869. The minimum Gasteiger partial charge on any atom is -0.472 e. The molecule has 1 aliphatic carbocycles. The molecule has 9 heteroatoms. The Morgan fingerprint density at radius 2 is 1.73 bits per heavy atom. The standard InChI is InChI=1S/C40H56N2O7/c1-8-9-10-28(36(47)35(46)18-25-11-12-25)19-34(45)33-21-30(49-37-31-14-13-26(24-43)17-27(31)15-16-41-37)23-42(33)38(48)32(40(5,6)7)20-29(44)22-39(2,3)4/h13-17,25,28,30,32-33,43H,8-12,18-24H2,1-7H3/t28-,30-,32-,33+/m1/s1. The number of carbonyl (C=O) groups excluding carboxylic acids is 5. The predicted octanol–water partition coefficient (Wildman–Crippen LogP) is 6.84. The number of Topliss-reactive ketones (excluding diaryl/α,β-unsaturated/α-hetero) is 4. The van der Waals surface area contributed by atoms with E-state index in [-0.39, 0.29) is 67.6 Å². The first kappa shape index (κ1) is 38.3.